The van der Waals surface area contributed by atoms with E-state index in [2.05, 4.69) is 52.0 Å². The minimum atomic E-state index is -0.471. The van der Waals surface area contributed by atoms with Gasteiger partial charge in [0.1, 0.15) is 24.0 Å². The predicted octanol–water partition coefficient (Wildman–Crippen LogP) is 6.46. The second-order valence-corrected chi connectivity index (χ2v) is 10.4. The second kappa shape index (κ2) is 12.0. The molecule has 2 aromatic carbocycles. The van der Waals surface area contributed by atoms with E-state index in [-0.39, 0.29) is 11.4 Å². The summed E-state index contributed by atoms with van der Waals surface area (Å²) in [6, 6.07) is 11.7. The first-order chi connectivity index (χ1) is 17.8. The van der Waals surface area contributed by atoms with Crippen LogP contribution in [0.25, 0.3) is 6.08 Å². The SMILES string of the molecule is CCC1=NN2C(=N)/C(=C\c3cc(Br)c(OCCOc4ccc([C@@H](C)CC)cc4)c(OC)c3)C(=O)N=C2S1. The number of benzene rings is 2. The third kappa shape index (κ3) is 6.07. The Bertz CT molecular complexity index is 1290. The topological polar surface area (TPSA) is 96.6 Å². The Balaban J connectivity index is 1.43. The van der Waals surface area contributed by atoms with Crippen molar-refractivity contribution >= 4 is 55.7 Å². The Morgan fingerprint density at radius 2 is 1.89 bits per heavy atom. The van der Waals surface area contributed by atoms with Gasteiger partial charge in [0.2, 0.25) is 5.17 Å². The maximum absolute atomic E-state index is 12.6. The Hall–Kier alpha value is -3.11. The molecule has 1 atom stereocenters. The summed E-state index contributed by atoms with van der Waals surface area (Å²) in [6.45, 7) is 7.03. The standard InChI is InChI=1S/C27H29BrN4O4S/c1-5-16(3)18-7-9-19(10-8-18)35-11-12-36-24-21(28)14-17(15-22(24)34-4)13-20-25(29)32-27(30-26(20)33)37-23(6-2)31-32/h7-10,13-16,29H,5-6,11-12H2,1-4H3/b20-13+,29-25?/t16-/m0/s1. The zero-order chi connectivity index (χ0) is 26.5. The number of fused-ring (bicyclic) bond motifs is 1. The normalized spacial score (nSPS) is 16.9. The van der Waals surface area contributed by atoms with Crippen LogP contribution in [0.1, 0.15) is 50.7 Å². The number of methoxy groups -OCH3 is 1. The molecule has 8 nitrogen and oxygen atoms in total. The molecule has 10 heteroatoms. The van der Waals surface area contributed by atoms with E-state index in [1.54, 1.807) is 25.3 Å². The van der Waals surface area contributed by atoms with Crippen LogP contribution in [0.15, 0.2) is 56.5 Å². The van der Waals surface area contributed by atoms with E-state index in [4.69, 9.17) is 19.6 Å². The summed E-state index contributed by atoms with van der Waals surface area (Å²) in [4.78, 5) is 16.7. The molecule has 0 aliphatic carbocycles. The van der Waals surface area contributed by atoms with E-state index in [1.807, 2.05) is 19.1 Å². The number of halogens is 1. The van der Waals surface area contributed by atoms with Gasteiger partial charge in [-0.3, -0.25) is 10.2 Å². The van der Waals surface area contributed by atoms with Gasteiger partial charge in [-0.05, 0) is 87.9 Å². The minimum Gasteiger partial charge on any atom is -0.493 e. The molecule has 2 aliphatic heterocycles. The summed E-state index contributed by atoms with van der Waals surface area (Å²) in [7, 11) is 1.55. The maximum atomic E-state index is 12.6. The van der Waals surface area contributed by atoms with Crippen molar-refractivity contribution in [3.8, 4) is 17.2 Å². The molecule has 0 radical (unpaired) electrons. The van der Waals surface area contributed by atoms with E-state index in [9.17, 15) is 4.79 Å². The van der Waals surface area contributed by atoms with Crippen LogP contribution in [0.4, 0.5) is 0 Å². The number of hydrazone groups is 1. The number of nitrogens with one attached hydrogen (secondary N) is 1. The average molecular weight is 586 g/mol. The number of rotatable bonds is 10. The van der Waals surface area contributed by atoms with Gasteiger partial charge >= 0.3 is 0 Å². The number of aliphatic imine (C=N–C) groups is 1. The Morgan fingerprint density at radius 3 is 2.57 bits per heavy atom. The Kier molecular flexibility index (Phi) is 8.71. The molecule has 4 rings (SSSR count). The molecule has 2 aromatic rings. The number of nitrogens with zero attached hydrogens (tertiary/aromatic N) is 3. The first-order valence-electron chi connectivity index (χ1n) is 12.1. The van der Waals surface area contributed by atoms with Gasteiger partial charge in [0.15, 0.2) is 17.3 Å². The molecule has 0 aromatic heterocycles. The highest BCUT2D eigenvalue weighted by Crippen LogP contribution is 2.38. The summed E-state index contributed by atoms with van der Waals surface area (Å²) in [5, 5.41) is 15.5. The molecule has 37 heavy (non-hydrogen) atoms. The van der Waals surface area contributed by atoms with E-state index in [0.717, 1.165) is 17.2 Å². The Labute approximate surface area is 229 Å². The first kappa shape index (κ1) is 26.9. The number of amidine groups is 2. The lowest BCUT2D eigenvalue weighted by Crippen LogP contribution is -2.35. The second-order valence-electron chi connectivity index (χ2n) is 8.48. The molecule has 1 N–H and O–H groups in total. The van der Waals surface area contributed by atoms with Crippen molar-refractivity contribution in [2.45, 2.75) is 39.5 Å². The van der Waals surface area contributed by atoms with E-state index in [0.29, 0.717) is 52.3 Å². The van der Waals surface area contributed by atoms with Gasteiger partial charge in [-0.25, -0.2) is 0 Å². The first-order valence-corrected chi connectivity index (χ1v) is 13.7. The highest BCUT2D eigenvalue weighted by atomic mass is 79.9. The van der Waals surface area contributed by atoms with Crippen LogP contribution in [0.5, 0.6) is 17.2 Å². The molecule has 0 bridgehead atoms. The van der Waals surface area contributed by atoms with Crippen LogP contribution in [-0.2, 0) is 4.79 Å². The molecular formula is C27H29BrN4O4S. The average Bonchev–Trinajstić information content (AvgIpc) is 3.32. The summed E-state index contributed by atoms with van der Waals surface area (Å²) < 4.78 is 18.0. The van der Waals surface area contributed by atoms with Gasteiger partial charge in [0.05, 0.1) is 17.2 Å². The highest BCUT2D eigenvalue weighted by Gasteiger charge is 2.35. The zero-order valence-electron chi connectivity index (χ0n) is 21.2. The number of amides is 1. The van der Waals surface area contributed by atoms with Crippen molar-refractivity contribution in [1.29, 1.82) is 5.41 Å². The summed E-state index contributed by atoms with van der Waals surface area (Å²) >= 11 is 4.86. The fraction of sp³-hybridized carbons (Fsp3) is 0.333. The van der Waals surface area contributed by atoms with Crippen molar-refractivity contribution in [2.75, 3.05) is 20.3 Å². The largest absolute Gasteiger partial charge is 0.493 e. The fourth-order valence-corrected chi connectivity index (χ4v) is 5.13. The van der Waals surface area contributed by atoms with E-state index in [1.165, 1.54) is 22.3 Å². The molecule has 194 valence electrons. The van der Waals surface area contributed by atoms with Gasteiger partial charge in [-0.1, -0.05) is 32.9 Å². The smallest absolute Gasteiger partial charge is 0.283 e. The van der Waals surface area contributed by atoms with Crippen LogP contribution in [0.2, 0.25) is 0 Å². The maximum Gasteiger partial charge on any atom is 0.283 e. The molecule has 1 amide bonds. The van der Waals surface area contributed by atoms with Gasteiger partial charge in [0, 0.05) is 0 Å². The van der Waals surface area contributed by atoms with Crippen molar-refractivity contribution in [3.63, 3.8) is 0 Å². The number of hydrogen-bond acceptors (Lipinski definition) is 7. The molecule has 2 aliphatic rings. The Morgan fingerprint density at radius 1 is 1.16 bits per heavy atom. The highest BCUT2D eigenvalue weighted by molar-refractivity contribution is 9.10. The molecule has 0 spiro atoms. The van der Waals surface area contributed by atoms with Crippen molar-refractivity contribution in [2.24, 2.45) is 10.1 Å². The molecule has 0 fully saturated rings. The van der Waals surface area contributed by atoms with Crippen LogP contribution in [0, 0.1) is 5.41 Å². The molecular weight excluding hydrogens is 556 g/mol. The van der Waals surface area contributed by atoms with E-state index >= 15 is 0 Å². The monoisotopic (exact) mass is 584 g/mol. The van der Waals surface area contributed by atoms with Crippen LogP contribution in [-0.4, -0.2) is 47.3 Å². The molecule has 0 unspecified atom stereocenters. The van der Waals surface area contributed by atoms with Gasteiger partial charge in [0.25, 0.3) is 5.91 Å². The zero-order valence-corrected chi connectivity index (χ0v) is 23.6. The predicted molar refractivity (Wildman–Crippen MR) is 152 cm³/mol. The number of hydrogen-bond donors (Lipinski definition) is 1. The van der Waals surface area contributed by atoms with Gasteiger partial charge in [-0.2, -0.15) is 15.1 Å². The fourth-order valence-electron chi connectivity index (χ4n) is 3.74. The third-order valence-corrected chi connectivity index (χ3v) is 7.66. The number of carbonyl (C=O) groups excluding carboxylic acids is 1. The van der Waals surface area contributed by atoms with Crippen molar-refractivity contribution in [1.82, 2.24) is 5.01 Å². The van der Waals surface area contributed by atoms with Crippen LogP contribution >= 0.6 is 27.7 Å². The number of thioether (sulfide) groups is 1. The van der Waals surface area contributed by atoms with Crippen molar-refractivity contribution < 1.29 is 19.0 Å². The summed E-state index contributed by atoms with van der Waals surface area (Å²) in [6.07, 6.45) is 3.42. The van der Waals surface area contributed by atoms with Crippen LogP contribution < -0.4 is 14.2 Å². The number of carbonyl (C=O) groups is 1. The lowest BCUT2D eigenvalue weighted by Gasteiger charge is -2.20. The third-order valence-electron chi connectivity index (χ3n) is 6.02. The molecule has 0 saturated heterocycles. The summed E-state index contributed by atoms with van der Waals surface area (Å²) in [5.74, 6) is 1.85. The van der Waals surface area contributed by atoms with Crippen LogP contribution in [0.3, 0.4) is 0 Å². The number of ether oxygens (including phenoxy) is 3. The summed E-state index contributed by atoms with van der Waals surface area (Å²) in [5.41, 5.74) is 2.11. The molecule has 2 heterocycles. The lowest BCUT2D eigenvalue weighted by molar-refractivity contribution is -0.114. The minimum absolute atomic E-state index is 0.00398. The van der Waals surface area contributed by atoms with Crippen molar-refractivity contribution in [3.05, 3.63) is 57.6 Å². The quantitative estimate of drug-likeness (QED) is 0.254. The lowest BCUT2D eigenvalue weighted by atomic mass is 9.99. The van der Waals surface area contributed by atoms with Gasteiger partial charge in [-0.15, -0.1) is 0 Å². The van der Waals surface area contributed by atoms with Gasteiger partial charge < -0.3 is 14.2 Å². The molecule has 0 saturated carbocycles. The van der Waals surface area contributed by atoms with E-state index < -0.39 is 5.91 Å².